The lowest BCUT2D eigenvalue weighted by Crippen LogP contribution is -2.64. The number of ether oxygens (including phenoxy) is 2. The Balaban J connectivity index is 1.85. The highest BCUT2D eigenvalue weighted by Crippen LogP contribution is 2.62. The van der Waals surface area contributed by atoms with Gasteiger partial charge in [0.15, 0.2) is 11.5 Å². The van der Waals surface area contributed by atoms with E-state index in [0.29, 0.717) is 30.5 Å². The van der Waals surface area contributed by atoms with Gasteiger partial charge >= 0.3 is 0 Å². The van der Waals surface area contributed by atoms with Crippen LogP contribution < -0.4 is 9.47 Å². The van der Waals surface area contributed by atoms with Crippen LogP contribution in [0.25, 0.3) is 0 Å². The first-order valence-corrected chi connectivity index (χ1v) is 7.61. The van der Waals surface area contributed by atoms with Gasteiger partial charge in [0.25, 0.3) is 0 Å². The average Bonchev–Trinajstić information content (AvgIpc) is 2.95. The van der Waals surface area contributed by atoms with Crippen molar-refractivity contribution in [1.29, 1.82) is 0 Å². The Morgan fingerprint density at radius 2 is 2.45 bits per heavy atom. The van der Waals surface area contributed by atoms with Gasteiger partial charge in [-0.15, -0.1) is 0 Å². The number of aliphatic hydroxyl groups is 1. The van der Waals surface area contributed by atoms with Crippen molar-refractivity contribution in [1.82, 2.24) is 4.90 Å². The number of hydrogen-bond acceptors (Lipinski definition) is 4. The zero-order valence-electron chi connectivity index (χ0n) is 18.2. The zero-order chi connectivity index (χ0) is 20.2. The number of aliphatic hydroxyl groups excluding tert-OH is 1. The summed E-state index contributed by atoms with van der Waals surface area (Å²) < 4.78 is 59.8. The van der Waals surface area contributed by atoms with Gasteiger partial charge in [0.05, 0.1) is 13.9 Å². The van der Waals surface area contributed by atoms with E-state index in [1.807, 2.05) is 7.05 Å². The fraction of sp³-hybridized carbons (Fsp3) is 0.556. The molecule has 1 N–H and O–H groups in total. The van der Waals surface area contributed by atoms with Gasteiger partial charge < -0.3 is 19.5 Å². The van der Waals surface area contributed by atoms with E-state index in [2.05, 4.69) is 4.90 Å². The molecule has 1 spiro atoms. The quantitative estimate of drug-likeness (QED) is 0.799. The van der Waals surface area contributed by atoms with Crippen molar-refractivity contribution in [3.05, 3.63) is 35.4 Å². The van der Waals surface area contributed by atoms with Crippen molar-refractivity contribution in [2.75, 3.05) is 20.6 Å². The molecule has 2 aliphatic heterocycles. The average molecular weight is 305 g/mol. The number of nitrogens with zero attached hydrogens (tertiary/aromatic N) is 1. The summed E-state index contributed by atoms with van der Waals surface area (Å²) in [6, 6.07) is -0.652. The van der Waals surface area contributed by atoms with Crippen LogP contribution in [0.4, 0.5) is 0 Å². The maximum Gasteiger partial charge on any atom is 0.165 e. The summed E-state index contributed by atoms with van der Waals surface area (Å²) in [7, 11) is -0.860. The van der Waals surface area contributed by atoms with Crippen molar-refractivity contribution >= 4 is 0 Å². The SMILES string of the molecule is [2H]c1c([2H])c(OC([2H])([2H])[2H])c2c3c1C[C@H]1N(C)CC[C@@]34C(O2)C(O)C=C[C@@]14[2H]. The molecule has 116 valence electrons. The fourth-order valence-corrected chi connectivity index (χ4v) is 4.83. The molecule has 1 aromatic carbocycles. The van der Waals surface area contributed by atoms with Crippen LogP contribution in [-0.2, 0) is 11.8 Å². The van der Waals surface area contributed by atoms with Gasteiger partial charge in [-0.3, -0.25) is 0 Å². The molecule has 5 atom stereocenters. The van der Waals surface area contributed by atoms with Crippen LogP contribution in [0.1, 0.15) is 25.8 Å². The topological polar surface area (TPSA) is 41.9 Å². The van der Waals surface area contributed by atoms with Crippen LogP contribution in [0.15, 0.2) is 24.2 Å². The van der Waals surface area contributed by atoms with E-state index >= 15 is 0 Å². The molecule has 4 aliphatic rings. The highest BCUT2D eigenvalue weighted by atomic mass is 16.5. The first-order valence-electron chi connectivity index (χ1n) is 10.6. The van der Waals surface area contributed by atoms with Gasteiger partial charge in [-0.05, 0) is 38.0 Å². The van der Waals surface area contributed by atoms with Gasteiger partial charge in [-0.25, -0.2) is 0 Å². The van der Waals surface area contributed by atoms with Gasteiger partial charge in [0, 0.05) is 24.3 Å². The molecule has 5 rings (SSSR count). The third-order valence-electron chi connectivity index (χ3n) is 5.79. The van der Waals surface area contributed by atoms with E-state index in [4.69, 9.17) is 16.3 Å². The Morgan fingerprint density at radius 1 is 1.55 bits per heavy atom. The van der Waals surface area contributed by atoms with Crippen LogP contribution >= 0.6 is 0 Å². The second-order valence-electron chi connectivity index (χ2n) is 6.63. The molecule has 1 saturated heterocycles. The van der Waals surface area contributed by atoms with Crippen LogP contribution in [0.3, 0.4) is 0 Å². The van der Waals surface area contributed by atoms with Crippen LogP contribution in [0.5, 0.6) is 11.5 Å². The van der Waals surface area contributed by atoms with E-state index < -0.39 is 30.6 Å². The van der Waals surface area contributed by atoms with Crippen molar-refractivity contribution in [3.63, 3.8) is 0 Å². The van der Waals surface area contributed by atoms with Crippen molar-refractivity contribution in [3.8, 4) is 11.5 Å². The molecule has 0 radical (unpaired) electrons. The van der Waals surface area contributed by atoms with Gasteiger partial charge in [0.1, 0.15) is 12.2 Å². The lowest BCUT2D eigenvalue weighted by molar-refractivity contribution is -0.0453. The van der Waals surface area contributed by atoms with Gasteiger partial charge in [0.2, 0.25) is 0 Å². The van der Waals surface area contributed by atoms with E-state index in [-0.39, 0.29) is 29.6 Å². The van der Waals surface area contributed by atoms with Crippen molar-refractivity contribution < 1.29 is 22.8 Å². The van der Waals surface area contributed by atoms with E-state index in [9.17, 15) is 6.48 Å². The number of hydrogen-bond donors (Lipinski definition) is 1. The highest BCUT2D eigenvalue weighted by Gasteiger charge is 2.64. The summed E-state index contributed by atoms with van der Waals surface area (Å²) in [5.41, 5.74) is 0.278. The Labute approximate surface area is 138 Å². The number of piperidine rings is 1. The molecule has 2 aliphatic carbocycles. The predicted molar refractivity (Wildman–Crippen MR) is 82.5 cm³/mol. The normalized spacial score (nSPS) is 48.9. The molecule has 4 nitrogen and oxygen atoms in total. The Hall–Kier alpha value is -1.52. The fourth-order valence-electron chi connectivity index (χ4n) is 4.83. The minimum Gasteiger partial charge on any atom is -0.493 e. The van der Waals surface area contributed by atoms with Crippen molar-refractivity contribution in [2.45, 2.75) is 36.5 Å². The van der Waals surface area contributed by atoms with Crippen LogP contribution in [-0.4, -0.2) is 48.9 Å². The smallest absolute Gasteiger partial charge is 0.165 e. The van der Waals surface area contributed by atoms with Crippen LogP contribution in [0, 0.1) is 5.89 Å². The molecule has 0 amide bonds. The summed E-state index contributed by atoms with van der Waals surface area (Å²) in [6.07, 6.45) is 2.48. The van der Waals surface area contributed by atoms with Crippen LogP contribution in [0.2, 0.25) is 0 Å². The zero-order valence-corrected chi connectivity index (χ0v) is 12.2. The maximum absolute atomic E-state index is 10.7. The van der Waals surface area contributed by atoms with E-state index in [0.717, 1.165) is 0 Å². The van der Waals surface area contributed by atoms with E-state index in [1.54, 1.807) is 12.2 Å². The summed E-state index contributed by atoms with van der Waals surface area (Å²) in [5, 5.41) is 10.7. The first-order chi connectivity index (χ1) is 13.0. The highest BCUT2D eigenvalue weighted by molar-refractivity contribution is 5.62. The third-order valence-corrected chi connectivity index (χ3v) is 5.79. The Kier molecular flexibility index (Phi) is 1.54. The lowest BCUT2D eigenvalue weighted by Gasteiger charge is -2.56. The predicted octanol–water partition coefficient (Wildman–Crippen LogP) is 1.50. The minimum absolute atomic E-state index is 0.0898. The number of rotatable bonds is 1. The Bertz CT molecular complexity index is 918. The summed E-state index contributed by atoms with van der Waals surface area (Å²) in [6.45, 7) is 0.690. The number of likely N-dealkylation sites (N-methyl/N-ethyl adjacent to an activating group) is 1. The molecule has 2 heterocycles. The molecule has 0 saturated carbocycles. The number of benzene rings is 1. The summed E-state index contributed by atoms with van der Waals surface area (Å²) in [5.74, 6) is -1.27. The Morgan fingerprint density at radius 3 is 3.32 bits per heavy atom. The summed E-state index contributed by atoms with van der Waals surface area (Å²) in [4.78, 5) is 2.09. The molecular weight excluding hydrogens is 278 g/mol. The molecule has 1 fully saturated rings. The first kappa shape index (κ1) is 8.37. The lowest BCUT2D eigenvalue weighted by atomic mass is 9.53. The second kappa shape index (κ2) is 4.06. The maximum atomic E-state index is 10.7. The summed E-state index contributed by atoms with van der Waals surface area (Å²) >= 11 is 0. The number of likely N-dealkylation sites (tertiary alicyclic amines) is 1. The third kappa shape index (κ3) is 1.28. The molecule has 1 aromatic rings. The number of methoxy groups -OCH3 is 1. The molecule has 2 unspecified atom stereocenters. The molecule has 0 aromatic heterocycles. The van der Waals surface area contributed by atoms with Gasteiger partial charge in [-0.1, -0.05) is 18.2 Å². The largest absolute Gasteiger partial charge is 0.493 e. The van der Waals surface area contributed by atoms with Crippen molar-refractivity contribution in [2.24, 2.45) is 5.89 Å². The van der Waals surface area contributed by atoms with Gasteiger partial charge in [-0.2, -0.15) is 0 Å². The molecule has 22 heavy (non-hydrogen) atoms. The van der Waals surface area contributed by atoms with E-state index in [1.165, 1.54) is 0 Å². The molecule has 2 bridgehead atoms. The molecular formula is C18H21NO3. The second-order valence-corrected chi connectivity index (χ2v) is 6.63. The monoisotopic (exact) mass is 305 g/mol. The minimum atomic E-state index is -2.80. The standard InChI is InChI=1S/C18H21NO3/c1-19-8-7-18-11-4-5-13(20)17(18)22-16-14(21-2)6-3-10(15(16)18)9-12(11)19/h3-6,11-13,17,20H,7-9H2,1-2H3/t11-,12+,13?,17?,18-/m0/s1/i2D3,3D,6D,11D. The molecule has 4 heteroatoms.